The number of H-pyrrole nitrogens is 2. The molecule has 3 N–H and O–H groups in total. The van der Waals surface area contributed by atoms with Gasteiger partial charge >= 0.3 is 0 Å². The number of benzene rings is 2. The minimum absolute atomic E-state index is 0.0631. The van der Waals surface area contributed by atoms with Crippen molar-refractivity contribution in [2.75, 3.05) is 5.32 Å². The first-order valence-electron chi connectivity index (χ1n) is 11.0. The minimum atomic E-state index is -0.848. The Labute approximate surface area is 202 Å². The summed E-state index contributed by atoms with van der Waals surface area (Å²) < 4.78 is 2.82. The molecule has 6 rings (SSSR count). The molecule has 4 aromatic heterocycles. The summed E-state index contributed by atoms with van der Waals surface area (Å²) in [7, 11) is 0. The van der Waals surface area contributed by atoms with E-state index in [-0.39, 0.29) is 17.3 Å². The van der Waals surface area contributed by atoms with Crippen molar-refractivity contribution in [3.8, 4) is 11.6 Å². The average molecular weight is 478 g/mol. The number of hydrogen-bond donors (Lipinski definition) is 3. The lowest BCUT2D eigenvalue weighted by Gasteiger charge is -2.08. The number of para-hydroxylation sites is 2. The Morgan fingerprint density at radius 2 is 1.75 bits per heavy atom. The summed E-state index contributed by atoms with van der Waals surface area (Å²) in [5.74, 6) is -1.32. The van der Waals surface area contributed by atoms with E-state index in [2.05, 4.69) is 30.5 Å². The van der Waals surface area contributed by atoms with Gasteiger partial charge in [0.2, 0.25) is 5.95 Å². The summed E-state index contributed by atoms with van der Waals surface area (Å²) in [5, 5.41) is 12.2. The number of carbonyl (C=O) groups excluding carboxylic acids is 2. The molecule has 0 bridgehead atoms. The molecule has 11 nitrogen and oxygen atoms in total. The summed E-state index contributed by atoms with van der Waals surface area (Å²) >= 11 is 0. The van der Waals surface area contributed by atoms with Crippen LogP contribution in [0.25, 0.3) is 33.6 Å². The lowest BCUT2D eigenvalue weighted by atomic mass is 10.1. The van der Waals surface area contributed by atoms with Crippen molar-refractivity contribution in [2.24, 2.45) is 0 Å². The van der Waals surface area contributed by atoms with E-state index >= 15 is 0 Å². The van der Waals surface area contributed by atoms with E-state index in [1.807, 2.05) is 42.5 Å². The van der Waals surface area contributed by atoms with Gasteiger partial charge in [0.25, 0.3) is 17.2 Å². The molecule has 6 aromatic rings. The molecule has 0 saturated heterocycles. The SMILES string of the molecule is Cc1cc(NC(=O)C(=O)c2c[nH]c3ccccc23)n(-c2nc3c(cnn3-c3ccccc3)c(=O)[nH]2)n1. The van der Waals surface area contributed by atoms with E-state index in [9.17, 15) is 14.4 Å². The summed E-state index contributed by atoms with van der Waals surface area (Å²) in [5.41, 5.74) is 2.18. The molecule has 0 fully saturated rings. The molecule has 176 valence electrons. The van der Waals surface area contributed by atoms with Crippen LogP contribution in [0.15, 0.2) is 77.9 Å². The fourth-order valence-corrected chi connectivity index (χ4v) is 4.07. The number of fused-ring (bicyclic) bond motifs is 2. The fraction of sp³-hybridized carbons (Fsp3) is 0.0400. The molecule has 0 aliphatic carbocycles. The molecule has 2 aromatic carbocycles. The fourth-order valence-electron chi connectivity index (χ4n) is 4.07. The molecule has 0 aliphatic rings. The molecular formula is C25H18N8O3. The molecular weight excluding hydrogens is 460 g/mol. The molecule has 4 heterocycles. The normalized spacial score (nSPS) is 11.2. The lowest BCUT2D eigenvalue weighted by molar-refractivity contribution is -0.112. The molecule has 11 heteroatoms. The van der Waals surface area contributed by atoms with E-state index in [0.29, 0.717) is 22.1 Å². The Kier molecular flexibility index (Phi) is 4.81. The monoisotopic (exact) mass is 478 g/mol. The Balaban J connectivity index is 1.38. The van der Waals surface area contributed by atoms with E-state index in [1.165, 1.54) is 17.1 Å². The average Bonchev–Trinajstić information content (AvgIpc) is 3.60. The van der Waals surface area contributed by atoms with Gasteiger partial charge in [-0.3, -0.25) is 19.4 Å². The number of aryl methyl sites for hydroxylation is 1. The second-order valence-electron chi connectivity index (χ2n) is 8.13. The predicted octanol–water partition coefficient (Wildman–Crippen LogP) is 2.91. The van der Waals surface area contributed by atoms with Crippen LogP contribution >= 0.6 is 0 Å². The van der Waals surface area contributed by atoms with Gasteiger partial charge in [0.05, 0.1) is 23.1 Å². The standard InChI is InChI=1S/C25H18N8O3/c1-14-11-20(28-24(36)21(34)17-12-26-19-10-6-5-9-16(17)19)33(31-14)25-29-22-18(23(35)30-25)13-27-32(22)15-7-3-2-4-8-15/h2-13,26H,1H3,(H,28,36)(H,29,30,35). The van der Waals surface area contributed by atoms with Gasteiger partial charge in [-0.1, -0.05) is 36.4 Å². The number of nitrogens with one attached hydrogen (secondary N) is 3. The molecule has 1 amide bonds. The number of Topliss-reactive ketones (excluding diaryl/α,β-unsaturated/α-hetero) is 1. The zero-order valence-corrected chi connectivity index (χ0v) is 18.9. The number of aromatic amines is 2. The maximum absolute atomic E-state index is 12.9. The highest BCUT2D eigenvalue weighted by atomic mass is 16.2. The number of hydrogen-bond acceptors (Lipinski definition) is 6. The zero-order valence-electron chi connectivity index (χ0n) is 18.9. The van der Waals surface area contributed by atoms with Gasteiger partial charge in [0.15, 0.2) is 5.65 Å². The van der Waals surface area contributed by atoms with Crippen LogP contribution in [-0.4, -0.2) is 46.2 Å². The van der Waals surface area contributed by atoms with Crippen LogP contribution in [0, 0.1) is 6.92 Å². The van der Waals surface area contributed by atoms with Crippen molar-refractivity contribution >= 4 is 39.4 Å². The van der Waals surface area contributed by atoms with Crippen molar-refractivity contribution in [3.63, 3.8) is 0 Å². The third kappa shape index (κ3) is 3.46. The van der Waals surface area contributed by atoms with E-state index in [1.54, 1.807) is 29.8 Å². The number of nitrogens with zero attached hydrogens (tertiary/aromatic N) is 5. The van der Waals surface area contributed by atoms with Crippen LogP contribution in [0.4, 0.5) is 5.82 Å². The number of amides is 1. The third-order valence-corrected chi connectivity index (χ3v) is 5.74. The van der Waals surface area contributed by atoms with Gasteiger partial charge in [-0.15, -0.1) is 0 Å². The van der Waals surface area contributed by atoms with E-state index in [4.69, 9.17) is 0 Å². The van der Waals surface area contributed by atoms with Crippen molar-refractivity contribution < 1.29 is 9.59 Å². The van der Waals surface area contributed by atoms with Crippen molar-refractivity contribution in [1.82, 2.24) is 34.5 Å². The molecule has 0 radical (unpaired) electrons. The second-order valence-corrected chi connectivity index (χ2v) is 8.13. The first-order valence-corrected chi connectivity index (χ1v) is 11.0. The van der Waals surface area contributed by atoms with Gasteiger partial charge in [-0.25, -0.2) is 4.68 Å². The number of ketones is 1. The highest BCUT2D eigenvalue weighted by Crippen LogP contribution is 2.21. The highest BCUT2D eigenvalue weighted by molar-refractivity contribution is 6.48. The maximum atomic E-state index is 12.9. The second kappa shape index (κ2) is 8.17. The van der Waals surface area contributed by atoms with Gasteiger partial charge in [0, 0.05) is 23.2 Å². The van der Waals surface area contributed by atoms with Gasteiger partial charge in [0.1, 0.15) is 11.2 Å². The Hall–Kier alpha value is -5.32. The summed E-state index contributed by atoms with van der Waals surface area (Å²) in [6, 6.07) is 18.1. The first-order chi connectivity index (χ1) is 17.5. The summed E-state index contributed by atoms with van der Waals surface area (Å²) in [6.45, 7) is 1.72. The number of aromatic nitrogens is 7. The number of carbonyl (C=O) groups is 2. The quantitative estimate of drug-likeness (QED) is 0.257. The topological polar surface area (TPSA) is 143 Å². The smallest absolute Gasteiger partial charge is 0.298 e. The van der Waals surface area contributed by atoms with E-state index < -0.39 is 17.2 Å². The van der Waals surface area contributed by atoms with Crippen molar-refractivity contribution in [3.05, 3.63) is 94.7 Å². The van der Waals surface area contributed by atoms with Gasteiger partial charge in [-0.2, -0.15) is 19.9 Å². The van der Waals surface area contributed by atoms with Gasteiger partial charge in [-0.05, 0) is 25.1 Å². The molecule has 0 saturated carbocycles. The van der Waals surface area contributed by atoms with Crippen LogP contribution in [0.2, 0.25) is 0 Å². The highest BCUT2D eigenvalue weighted by Gasteiger charge is 2.23. The largest absolute Gasteiger partial charge is 0.360 e. The summed E-state index contributed by atoms with van der Waals surface area (Å²) in [6.07, 6.45) is 2.95. The minimum Gasteiger partial charge on any atom is -0.360 e. The number of rotatable bonds is 5. The van der Waals surface area contributed by atoms with Crippen LogP contribution in [-0.2, 0) is 4.79 Å². The maximum Gasteiger partial charge on any atom is 0.298 e. The van der Waals surface area contributed by atoms with Crippen LogP contribution in [0.3, 0.4) is 0 Å². The molecule has 36 heavy (non-hydrogen) atoms. The van der Waals surface area contributed by atoms with E-state index in [0.717, 1.165) is 11.2 Å². The van der Waals surface area contributed by atoms with Crippen LogP contribution in [0.1, 0.15) is 16.1 Å². The molecule has 0 unspecified atom stereocenters. The predicted molar refractivity (Wildman–Crippen MR) is 133 cm³/mol. The Morgan fingerprint density at radius 1 is 0.972 bits per heavy atom. The Morgan fingerprint density at radius 3 is 2.58 bits per heavy atom. The van der Waals surface area contributed by atoms with Crippen molar-refractivity contribution in [2.45, 2.75) is 6.92 Å². The van der Waals surface area contributed by atoms with Crippen molar-refractivity contribution in [1.29, 1.82) is 0 Å². The van der Waals surface area contributed by atoms with Gasteiger partial charge < -0.3 is 10.3 Å². The zero-order chi connectivity index (χ0) is 24.8. The van der Waals surface area contributed by atoms with Crippen LogP contribution in [0.5, 0.6) is 0 Å². The Bertz CT molecular complexity index is 1840. The molecule has 0 aliphatic heterocycles. The lowest BCUT2D eigenvalue weighted by Crippen LogP contribution is -2.25. The first kappa shape index (κ1) is 21.2. The molecule has 0 atom stereocenters. The summed E-state index contributed by atoms with van der Waals surface area (Å²) in [4.78, 5) is 48.9. The third-order valence-electron chi connectivity index (χ3n) is 5.74. The van der Waals surface area contributed by atoms with Crippen LogP contribution < -0.4 is 10.9 Å². The molecule has 0 spiro atoms. The number of anilines is 1.